The van der Waals surface area contributed by atoms with Gasteiger partial charge in [-0.25, -0.2) is 8.78 Å². The standard InChI is InChI=1S/C16H19F2N3S.ClH/c1-16(2,19)14-8-20-15(22)21(14)11-3-4-12-9(6-11)5-10(17)7-13(12)18;/h5,7-8,11H,3-4,6,19H2,1-2H3,(H,20,22);1H. The first-order valence-corrected chi connectivity index (χ1v) is 7.74. The second-order valence-corrected chi connectivity index (χ2v) is 6.88. The Balaban J connectivity index is 0.00000192. The van der Waals surface area contributed by atoms with Crippen molar-refractivity contribution in [2.45, 2.75) is 44.7 Å². The Morgan fingerprint density at radius 2 is 2.04 bits per heavy atom. The number of aromatic amines is 1. The van der Waals surface area contributed by atoms with Crippen LogP contribution in [0.3, 0.4) is 0 Å². The molecule has 0 saturated carbocycles. The van der Waals surface area contributed by atoms with Crippen LogP contribution in [0.5, 0.6) is 0 Å². The average Bonchev–Trinajstić information content (AvgIpc) is 2.79. The molecule has 0 amide bonds. The molecule has 0 aliphatic heterocycles. The third-order valence-corrected chi connectivity index (χ3v) is 4.59. The predicted octanol–water partition coefficient (Wildman–Crippen LogP) is 4.17. The quantitative estimate of drug-likeness (QED) is 0.790. The van der Waals surface area contributed by atoms with Crippen LogP contribution < -0.4 is 5.73 Å². The van der Waals surface area contributed by atoms with E-state index in [2.05, 4.69) is 4.98 Å². The molecule has 1 heterocycles. The van der Waals surface area contributed by atoms with E-state index >= 15 is 0 Å². The van der Waals surface area contributed by atoms with Gasteiger partial charge in [0.15, 0.2) is 4.77 Å². The van der Waals surface area contributed by atoms with E-state index in [0.717, 1.165) is 23.7 Å². The van der Waals surface area contributed by atoms with Crippen LogP contribution in [0.1, 0.15) is 43.1 Å². The summed E-state index contributed by atoms with van der Waals surface area (Å²) in [6, 6.07) is 2.44. The minimum absolute atomic E-state index is 0. The van der Waals surface area contributed by atoms with Crippen LogP contribution >= 0.6 is 24.6 Å². The van der Waals surface area contributed by atoms with Gasteiger partial charge in [0, 0.05) is 18.3 Å². The fourth-order valence-corrected chi connectivity index (χ4v) is 3.55. The molecule has 7 heteroatoms. The van der Waals surface area contributed by atoms with Gasteiger partial charge < -0.3 is 15.3 Å². The monoisotopic (exact) mass is 359 g/mol. The first-order chi connectivity index (χ1) is 10.3. The predicted molar refractivity (Wildman–Crippen MR) is 91.5 cm³/mol. The molecule has 1 aromatic heterocycles. The summed E-state index contributed by atoms with van der Waals surface area (Å²) in [5, 5.41) is 0. The summed E-state index contributed by atoms with van der Waals surface area (Å²) in [6.45, 7) is 3.83. The number of nitrogens with one attached hydrogen (secondary N) is 1. The van der Waals surface area contributed by atoms with E-state index in [0.29, 0.717) is 23.2 Å². The molecule has 1 atom stereocenters. The lowest BCUT2D eigenvalue weighted by atomic mass is 9.87. The molecule has 1 unspecified atom stereocenters. The number of nitrogens with two attached hydrogens (primary N) is 1. The minimum atomic E-state index is -0.541. The molecule has 3 N–H and O–H groups in total. The maximum Gasteiger partial charge on any atom is 0.177 e. The average molecular weight is 360 g/mol. The smallest absolute Gasteiger partial charge is 0.177 e. The Kier molecular flexibility index (Phi) is 4.99. The zero-order valence-electron chi connectivity index (χ0n) is 13.0. The van der Waals surface area contributed by atoms with Crippen molar-refractivity contribution in [3.8, 4) is 0 Å². The molecule has 0 radical (unpaired) electrons. The van der Waals surface area contributed by atoms with Gasteiger partial charge >= 0.3 is 0 Å². The summed E-state index contributed by atoms with van der Waals surface area (Å²) in [6.07, 6.45) is 3.71. The molecule has 126 valence electrons. The van der Waals surface area contributed by atoms with Crippen molar-refractivity contribution in [3.63, 3.8) is 0 Å². The van der Waals surface area contributed by atoms with Gasteiger partial charge in [0.25, 0.3) is 0 Å². The van der Waals surface area contributed by atoms with Crippen molar-refractivity contribution in [1.29, 1.82) is 0 Å². The van der Waals surface area contributed by atoms with Gasteiger partial charge in [-0.3, -0.25) is 0 Å². The lowest BCUT2D eigenvalue weighted by Gasteiger charge is -2.30. The number of fused-ring (bicyclic) bond motifs is 1. The number of H-pyrrole nitrogens is 1. The number of halogens is 3. The Bertz CT molecular complexity index is 777. The van der Waals surface area contributed by atoms with Gasteiger partial charge in [-0.1, -0.05) is 0 Å². The molecule has 0 spiro atoms. The number of imidazole rings is 1. The van der Waals surface area contributed by atoms with E-state index in [1.807, 2.05) is 24.6 Å². The molecule has 1 aliphatic rings. The second kappa shape index (κ2) is 6.34. The van der Waals surface area contributed by atoms with Gasteiger partial charge in [0.2, 0.25) is 0 Å². The van der Waals surface area contributed by atoms with Gasteiger partial charge in [-0.2, -0.15) is 0 Å². The van der Waals surface area contributed by atoms with Crippen molar-refractivity contribution in [3.05, 3.63) is 51.6 Å². The largest absolute Gasteiger partial charge is 0.337 e. The van der Waals surface area contributed by atoms with E-state index in [4.69, 9.17) is 18.0 Å². The third kappa shape index (κ3) is 3.34. The number of rotatable bonds is 2. The highest BCUT2D eigenvalue weighted by atomic mass is 35.5. The summed E-state index contributed by atoms with van der Waals surface area (Å²) in [7, 11) is 0. The van der Waals surface area contributed by atoms with Gasteiger partial charge in [-0.15, -0.1) is 12.4 Å². The summed E-state index contributed by atoms with van der Waals surface area (Å²) >= 11 is 5.38. The summed E-state index contributed by atoms with van der Waals surface area (Å²) < 4.78 is 29.9. The van der Waals surface area contributed by atoms with Gasteiger partial charge in [-0.05, 0) is 62.5 Å². The molecule has 1 aromatic carbocycles. The fourth-order valence-electron chi connectivity index (χ4n) is 3.24. The van der Waals surface area contributed by atoms with Crippen LogP contribution in [0.15, 0.2) is 18.3 Å². The third-order valence-electron chi connectivity index (χ3n) is 4.27. The first-order valence-electron chi connectivity index (χ1n) is 7.33. The highest BCUT2D eigenvalue weighted by Gasteiger charge is 2.28. The molecule has 2 aromatic rings. The molecule has 3 rings (SSSR count). The minimum Gasteiger partial charge on any atom is -0.337 e. The number of nitrogens with zero attached hydrogens (tertiary/aromatic N) is 1. The lowest BCUT2D eigenvalue weighted by Crippen LogP contribution is -2.34. The molecule has 0 fully saturated rings. The number of hydrogen-bond acceptors (Lipinski definition) is 2. The molecular weight excluding hydrogens is 340 g/mol. The van der Waals surface area contributed by atoms with Crippen molar-refractivity contribution in [2.24, 2.45) is 5.73 Å². The molecule has 0 saturated heterocycles. The summed E-state index contributed by atoms with van der Waals surface area (Å²) in [4.78, 5) is 3.04. The first kappa shape index (κ1) is 18.1. The maximum atomic E-state index is 13.9. The zero-order valence-corrected chi connectivity index (χ0v) is 14.7. The summed E-state index contributed by atoms with van der Waals surface area (Å²) in [5.74, 6) is -0.987. The highest BCUT2D eigenvalue weighted by molar-refractivity contribution is 7.71. The van der Waals surface area contributed by atoms with Gasteiger partial charge in [0.1, 0.15) is 11.6 Å². The van der Waals surface area contributed by atoms with E-state index in [1.54, 1.807) is 0 Å². The van der Waals surface area contributed by atoms with Crippen LogP contribution in [0.2, 0.25) is 0 Å². The Morgan fingerprint density at radius 3 is 2.70 bits per heavy atom. The highest BCUT2D eigenvalue weighted by Crippen LogP contribution is 2.33. The normalized spacial score (nSPS) is 17.5. The molecule has 0 bridgehead atoms. The van der Waals surface area contributed by atoms with Crippen molar-refractivity contribution in [1.82, 2.24) is 9.55 Å². The lowest BCUT2D eigenvalue weighted by molar-refractivity contribution is 0.386. The van der Waals surface area contributed by atoms with E-state index < -0.39 is 17.2 Å². The Morgan fingerprint density at radius 1 is 1.35 bits per heavy atom. The van der Waals surface area contributed by atoms with Crippen LogP contribution in [-0.4, -0.2) is 9.55 Å². The maximum absolute atomic E-state index is 13.9. The number of benzene rings is 1. The van der Waals surface area contributed by atoms with Gasteiger partial charge in [0.05, 0.1) is 11.2 Å². The van der Waals surface area contributed by atoms with Crippen molar-refractivity contribution in [2.75, 3.05) is 0 Å². The topological polar surface area (TPSA) is 46.7 Å². The SMILES string of the molecule is CC(C)(N)c1c[nH]c(=S)n1C1CCc2c(F)cc(F)cc2C1.Cl. The Hall–Kier alpha value is -1.24. The number of hydrogen-bond donors (Lipinski definition) is 2. The van der Waals surface area contributed by atoms with Crippen LogP contribution in [-0.2, 0) is 18.4 Å². The Labute approximate surface area is 145 Å². The van der Waals surface area contributed by atoms with Crippen molar-refractivity contribution >= 4 is 24.6 Å². The number of aromatic nitrogens is 2. The molecule has 23 heavy (non-hydrogen) atoms. The van der Waals surface area contributed by atoms with Crippen LogP contribution in [0.25, 0.3) is 0 Å². The van der Waals surface area contributed by atoms with E-state index in [9.17, 15) is 8.78 Å². The van der Waals surface area contributed by atoms with Crippen molar-refractivity contribution < 1.29 is 8.78 Å². The van der Waals surface area contributed by atoms with E-state index in [-0.39, 0.29) is 18.4 Å². The van der Waals surface area contributed by atoms with E-state index in [1.165, 1.54) is 6.07 Å². The van der Waals surface area contributed by atoms with Crippen LogP contribution in [0, 0.1) is 16.4 Å². The molecule has 1 aliphatic carbocycles. The molecule has 3 nitrogen and oxygen atoms in total. The van der Waals surface area contributed by atoms with Crippen LogP contribution in [0.4, 0.5) is 8.78 Å². The zero-order chi connectivity index (χ0) is 16.1. The molecular formula is C16H20ClF2N3S. The summed E-state index contributed by atoms with van der Waals surface area (Å²) in [5.41, 5.74) is 7.92. The second-order valence-electron chi connectivity index (χ2n) is 6.49. The fraction of sp³-hybridized carbons (Fsp3) is 0.438.